The van der Waals surface area contributed by atoms with Crippen molar-refractivity contribution in [3.05, 3.63) is 0 Å². The Labute approximate surface area is 116 Å². The lowest BCUT2D eigenvalue weighted by atomic mass is 9.81. The van der Waals surface area contributed by atoms with Gasteiger partial charge in [0.2, 0.25) is 0 Å². The van der Waals surface area contributed by atoms with Crippen LogP contribution in [-0.4, -0.2) is 60.4 Å². The van der Waals surface area contributed by atoms with Gasteiger partial charge in [0.1, 0.15) is 18.3 Å². The van der Waals surface area contributed by atoms with Crippen molar-refractivity contribution in [1.82, 2.24) is 0 Å². The first-order valence-corrected chi connectivity index (χ1v) is 6.93. The summed E-state index contributed by atoms with van der Waals surface area (Å²) in [5, 5.41) is 19.1. The SMILES string of the molecule is CC(C)(C)C1OCC(O)C(O)C1OS(=O)(=O)O.O=C=O. The molecule has 1 rings (SSSR count). The number of rotatable bonds is 2. The monoisotopic (exact) mass is 314 g/mol. The Balaban J connectivity index is 0.00000110. The fourth-order valence-corrected chi connectivity index (χ4v) is 2.28. The highest BCUT2D eigenvalue weighted by molar-refractivity contribution is 7.80. The van der Waals surface area contributed by atoms with Crippen molar-refractivity contribution in [3.63, 3.8) is 0 Å². The minimum Gasteiger partial charge on any atom is -0.388 e. The summed E-state index contributed by atoms with van der Waals surface area (Å²) < 4.78 is 39.7. The fraction of sp³-hybridized carbons (Fsp3) is 0.900. The standard InChI is InChI=1S/C9H18O7S.CO2/c1-9(2,3)8-7(16-17(12,13)14)6(11)5(10)4-15-8;2-1-3/h5-8,10-11H,4H2,1-3H3,(H,12,13,14);. The van der Waals surface area contributed by atoms with Crippen LogP contribution in [-0.2, 0) is 28.9 Å². The lowest BCUT2D eigenvalue weighted by Gasteiger charge is -2.42. The summed E-state index contributed by atoms with van der Waals surface area (Å²) in [6.45, 7) is 5.18. The van der Waals surface area contributed by atoms with Crippen molar-refractivity contribution in [2.75, 3.05) is 6.61 Å². The lowest BCUT2D eigenvalue weighted by Crippen LogP contribution is -2.58. The highest BCUT2D eigenvalue weighted by Gasteiger charge is 2.46. The van der Waals surface area contributed by atoms with E-state index >= 15 is 0 Å². The molecule has 118 valence electrons. The molecule has 3 N–H and O–H groups in total. The number of carbonyl (C=O) groups excluding carboxylic acids is 2. The van der Waals surface area contributed by atoms with E-state index in [2.05, 4.69) is 4.18 Å². The van der Waals surface area contributed by atoms with Crippen molar-refractivity contribution < 1.29 is 41.7 Å². The van der Waals surface area contributed by atoms with Gasteiger partial charge >= 0.3 is 16.6 Å². The average Bonchev–Trinajstić information content (AvgIpc) is 2.22. The van der Waals surface area contributed by atoms with E-state index in [1.165, 1.54) is 0 Å². The van der Waals surface area contributed by atoms with Crippen LogP contribution in [0.25, 0.3) is 0 Å². The van der Waals surface area contributed by atoms with E-state index in [-0.39, 0.29) is 12.8 Å². The average molecular weight is 314 g/mol. The summed E-state index contributed by atoms with van der Waals surface area (Å²) in [7, 11) is -4.72. The molecule has 1 aliphatic rings. The molecule has 0 bridgehead atoms. The van der Waals surface area contributed by atoms with Crippen molar-refractivity contribution in [3.8, 4) is 0 Å². The topological polar surface area (TPSA) is 147 Å². The van der Waals surface area contributed by atoms with Gasteiger partial charge in [-0.1, -0.05) is 20.8 Å². The highest BCUT2D eigenvalue weighted by atomic mass is 32.3. The quantitative estimate of drug-likeness (QED) is 0.532. The van der Waals surface area contributed by atoms with Crippen LogP contribution in [0, 0.1) is 5.41 Å². The van der Waals surface area contributed by atoms with Crippen molar-refractivity contribution >= 4 is 16.6 Å². The van der Waals surface area contributed by atoms with Crippen LogP contribution in [0.15, 0.2) is 0 Å². The van der Waals surface area contributed by atoms with Gasteiger partial charge < -0.3 is 14.9 Å². The maximum Gasteiger partial charge on any atom is 0.397 e. The molecule has 0 spiro atoms. The summed E-state index contributed by atoms with van der Waals surface area (Å²) in [4.78, 5) is 16.2. The zero-order chi connectivity index (χ0) is 16.1. The largest absolute Gasteiger partial charge is 0.397 e. The highest BCUT2D eigenvalue weighted by Crippen LogP contribution is 2.32. The van der Waals surface area contributed by atoms with Crippen LogP contribution < -0.4 is 0 Å². The summed E-state index contributed by atoms with van der Waals surface area (Å²) in [6, 6.07) is 0. The van der Waals surface area contributed by atoms with E-state index in [0.29, 0.717) is 0 Å². The van der Waals surface area contributed by atoms with Crippen LogP contribution in [0.2, 0.25) is 0 Å². The zero-order valence-corrected chi connectivity index (χ0v) is 12.0. The Morgan fingerprint density at radius 1 is 1.25 bits per heavy atom. The predicted octanol–water partition coefficient (Wildman–Crippen LogP) is -1.24. The van der Waals surface area contributed by atoms with Gasteiger partial charge in [-0.25, -0.2) is 4.18 Å². The minimum atomic E-state index is -4.72. The summed E-state index contributed by atoms with van der Waals surface area (Å²) >= 11 is 0. The third-order valence-electron chi connectivity index (χ3n) is 2.56. The number of aliphatic hydroxyl groups excluding tert-OH is 2. The van der Waals surface area contributed by atoms with Gasteiger partial charge in [-0.15, -0.1) is 0 Å². The van der Waals surface area contributed by atoms with Gasteiger partial charge in [0.05, 0.1) is 12.7 Å². The van der Waals surface area contributed by atoms with Crippen molar-refractivity contribution in [1.29, 1.82) is 0 Å². The minimum absolute atomic E-state index is 0.117. The molecule has 1 heterocycles. The number of ether oxygens (including phenoxy) is 1. The Morgan fingerprint density at radius 2 is 1.70 bits per heavy atom. The lowest BCUT2D eigenvalue weighted by molar-refractivity contribution is -0.203. The number of hydrogen-bond donors (Lipinski definition) is 3. The van der Waals surface area contributed by atoms with E-state index < -0.39 is 40.2 Å². The summed E-state index contributed by atoms with van der Waals surface area (Å²) in [6.07, 6.45) is -4.54. The van der Waals surface area contributed by atoms with Crippen LogP contribution in [0.1, 0.15) is 20.8 Å². The molecular weight excluding hydrogens is 296 g/mol. The smallest absolute Gasteiger partial charge is 0.388 e. The first kappa shape index (κ1) is 19.1. The Hall–Kier alpha value is -0.870. The first-order valence-electron chi connectivity index (χ1n) is 5.56. The second-order valence-electron chi connectivity index (χ2n) is 5.25. The maximum absolute atomic E-state index is 10.7. The van der Waals surface area contributed by atoms with Gasteiger partial charge in [-0.2, -0.15) is 18.0 Å². The molecule has 0 amide bonds. The molecule has 9 nitrogen and oxygen atoms in total. The molecule has 4 unspecified atom stereocenters. The summed E-state index contributed by atoms with van der Waals surface area (Å²) in [5.41, 5.74) is -0.517. The Morgan fingerprint density at radius 3 is 2.05 bits per heavy atom. The van der Waals surface area contributed by atoms with Gasteiger partial charge in [-0.3, -0.25) is 4.55 Å². The summed E-state index contributed by atoms with van der Waals surface area (Å²) in [5.74, 6) is 0. The Kier molecular flexibility index (Phi) is 6.91. The third-order valence-corrected chi connectivity index (χ3v) is 3.03. The number of aliphatic hydroxyl groups is 2. The van der Waals surface area contributed by atoms with Crippen LogP contribution in [0.5, 0.6) is 0 Å². The van der Waals surface area contributed by atoms with Crippen LogP contribution in [0.3, 0.4) is 0 Å². The number of hydrogen-bond acceptors (Lipinski definition) is 8. The van der Waals surface area contributed by atoms with Crippen LogP contribution >= 0.6 is 0 Å². The van der Waals surface area contributed by atoms with Crippen molar-refractivity contribution in [2.24, 2.45) is 5.41 Å². The molecule has 0 aromatic carbocycles. The second kappa shape index (κ2) is 7.23. The molecule has 0 aromatic rings. The second-order valence-corrected chi connectivity index (χ2v) is 6.30. The predicted molar refractivity (Wildman–Crippen MR) is 62.6 cm³/mol. The molecular formula is C10H18O9S. The molecule has 1 saturated heterocycles. The molecule has 0 saturated carbocycles. The molecule has 1 fully saturated rings. The molecule has 0 aliphatic carbocycles. The third kappa shape index (κ3) is 6.06. The maximum atomic E-state index is 10.7. The molecule has 4 atom stereocenters. The first-order chi connectivity index (χ1) is 8.94. The Bertz CT molecular complexity index is 432. The van der Waals surface area contributed by atoms with Crippen LogP contribution in [0.4, 0.5) is 0 Å². The molecule has 10 heteroatoms. The van der Waals surface area contributed by atoms with E-state index in [1.807, 2.05) is 0 Å². The van der Waals surface area contributed by atoms with Gasteiger partial charge in [0.25, 0.3) is 0 Å². The molecule has 1 aliphatic heterocycles. The van der Waals surface area contributed by atoms with E-state index in [0.717, 1.165) is 0 Å². The van der Waals surface area contributed by atoms with Gasteiger partial charge in [0.15, 0.2) is 0 Å². The molecule has 20 heavy (non-hydrogen) atoms. The zero-order valence-electron chi connectivity index (χ0n) is 11.2. The molecule has 0 aromatic heterocycles. The normalized spacial score (nSPS) is 30.9. The van der Waals surface area contributed by atoms with Gasteiger partial charge in [-0.05, 0) is 5.41 Å². The fourth-order valence-electron chi connectivity index (χ4n) is 1.78. The van der Waals surface area contributed by atoms with Gasteiger partial charge in [0, 0.05) is 0 Å². The van der Waals surface area contributed by atoms with E-state index in [4.69, 9.17) is 18.9 Å². The van der Waals surface area contributed by atoms with Crippen molar-refractivity contribution in [2.45, 2.75) is 45.2 Å². The van der Waals surface area contributed by atoms with E-state index in [1.54, 1.807) is 20.8 Å². The van der Waals surface area contributed by atoms with E-state index in [9.17, 15) is 18.6 Å². The molecule has 0 radical (unpaired) electrons.